The quantitative estimate of drug-likeness (QED) is 0.247. The summed E-state index contributed by atoms with van der Waals surface area (Å²) in [5, 5.41) is 0. The molecule has 1 aliphatic rings. The minimum absolute atomic E-state index is 0.0465. The lowest BCUT2D eigenvalue weighted by atomic mass is 9.78. The molecule has 0 aliphatic carbocycles. The molecule has 5 nitrogen and oxygen atoms in total. The first kappa shape index (κ1) is 21.3. The predicted octanol–water partition coefficient (Wildman–Crippen LogP) is 3.58. The van der Waals surface area contributed by atoms with Gasteiger partial charge in [-0.2, -0.15) is 21.6 Å². The molecule has 0 atom stereocenters. The summed E-state index contributed by atoms with van der Waals surface area (Å²) in [5.41, 5.74) is -7.02. The third-order valence-electron chi connectivity index (χ3n) is 4.02. The number of hydrogen-bond donors (Lipinski definition) is 0. The van der Waals surface area contributed by atoms with Gasteiger partial charge in [-0.25, -0.2) is 0 Å². The molecule has 25 heavy (non-hydrogen) atoms. The van der Waals surface area contributed by atoms with E-state index < -0.39 is 39.7 Å². The van der Waals surface area contributed by atoms with Crippen LogP contribution in [0.1, 0.15) is 27.7 Å². The minimum Gasteiger partial charge on any atom is -0.399 e. The first-order valence-electron chi connectivity index (χ1n) is 6.93. The zero-order valence-electron chi connectivity index (χ0n) is 13.6. The molecule has 0 unspecified atom stereocenters. The van der Waals surface area contributed by atoms with Crippen molar-refractivity contribution in [3.05, 3.63) is 20.2 Å². The van der Waals surface area contributed by atoms with Crippen molar-refractivity contribution in [2.45, 2.75) is 44.4 Å². The van der Waals surface area contributed by atoms with Gasteiger partial charge in [-0.1, -0.05) is 15.9 Å². The third-order valence-corrected chi connectivity index (χ3v) is 6.23. The second-order valence-corrected chi connectivity index (χ2v) is 9.99. The van der Waals surface area contributed by atoms with Gasteiger partial charge in [0.1, 0.15) is 0 Å². The second kappa shape index (κ2) is 6.53. The molecule has 1 fully saturated rings. The van der Waals surface area contributed by atoms with Crippen LogP contribution in [0.5, 0.6) is 5.75 Å². The Bertz CT molecular complexity index is 782. The molecule has 1 aliphatic heterocycles. The van der Waals surface area contributed by atoms with E-state index in [1.807, 2.05) is 0 Å². The SMILES string of the molecule is CC1(C)OB(c2cc(Br)cc(I)c2OS(=O)(=O)C(F)(F)F)OC1(C)C. The number of halogens is 5. The fourth-order valence-electron chi connectivity index (χ4n) is 1.97. The van der Waals surface area contributed by atoms with E-state index in [0.717, 1.165) is 0 Å². The Balaban J connectivity index is 2.54. The second-order valence-electron chi connectivity index (χ2n) is 6.38. The molecular formula is C13H14BBrF3IO5S. The van der Waals surface area contributed by atoms with Crippen LogP contribution in [0.15, 0.2) is 16.6 Å². The first-order chi connectivity index (χ1) is 11.1. The summed E-state index contributed by atoms with van der Waals surface area (Å²) in [4.78, 5) is 0. The lowest BCUT2D eigenvalue weighted by molar-refractivity contribution is -0.0500. The highest BCUT2D eigenvalue weighted by Crippen LogP contribution is 2.38. The highest BCUT2D eigenvalue weighted by molar-refractivity contribution is 14.1. The number of alkyl halides is 3. The van der Waals surface area contributed by atoms with Crippen molar-refractivity contribution in [3.8, 4) is 5.75 Å². The summed E-state index contributed by atoms with van der Waals surface area (Å²) in [6, 6.07) is 2.84. The Morgan fingerprint density at radius 2 is 1.64 bits per heavy atom. The molecule has 0 amide bonds. The predicted molar refractivity (Wildman–Crippen MR) is 98.2 cm³/mol. The van der Waals surface area contributed by atoms with E-state index in [-0.39, 0.29) is 9.03 Å². The monoisotopic (exact) mass is 556 g/mol. The van der Waals surface area contributed by atoms with E-state index in [2.05, 4.69) is 20.1 Å². The van der Waals surface area contributed by atoms with Gasteiger partial charge < -0.3 is 13.5 Å². The molecule has 1 saturated heterocycles. The normalized spacial score (nSPS) is 20.0. The summed E-state index contributed by atoms with van der Waals surface area (Å²) in [5.74, 6) is -0.473. The molecule has 2 rings (SSSR count). The highest BCUT2D eigenvalue weighted by atomic mass is 127. The Kier molecular flexibility index (Phi) is 5.56. The van der Waals surface area contributed by atoms with Crippen molar-refractivity contribution in [1.82, 2.24) is 0 Å². The lowest BCUT2D eigenvalue weighted by Crippen LogP contribution is -2.41. The van der Waals surface area contributed by atoms with E-state index in [1.54, 1.807) is 50.3 Å². The van der Waals surface area contributed by atoms with E-state index >= 15 is 0 Å². The topological polar surface area (TPSA) is 61.8 Å². The van der Waals surface area contributed by atoms with E-state index in [0.29, 0.717) is 4.47 Å². The van der Waals surface area contributed by atoms with Crippen LogP contribution >= 0.6 is 38.5 Å². The number of hydrogen-bond acceptors (Lipinski definition) is 5. The van der Waals surface area contributed by atoms with Gasteiger partial charge in [-0.05, 0) is 62.4 Å². The molecule has 0 spiro atoms. The van der Waals surface area contributed by atoms with Crippen molar-refractivity contribution in [2.75, 3.05) is 0 Å². The highest BCUT2D eigenvalue weighted by Gasteiger charge is 2.54. The van der Waals surface area contributed by atoms with Crippen molar-refractivity contribution in [2.24, 2.45) is 0 Å². The Hall–Kier alpha value is -0.0451. The molecule has 0 saturated carbocycles. The fraction of sp³-hybridized carbons (Fsp3) is 0.538. The first-order valence-corrected chi connectivity index (χ1v) is 10.2. The summed E-state index contributed by atoms with van der Waals surface area (Å²) < 4.78 is 77.6. The molecule has 1 aromatic rings. The van der Waals surface area contributed by atoms with Crippen LogP contribution < -0.4 is 9.65 Å². The van der Waals surface area contributed by atoms with Crippen LogP contribution in [-0.2, 0) is 19.4 Å². The van der Waals surface area contributed by atoms with Gasteiger partial charge in [-0.15, -0.1) is 0 Å². The molecule has 0 radical (unpaired) electrons. The standard InChI is InChI=1S/C13H14BBrF3IO5S/c1-11(2)12(3,4)24-14(23-11)8-5-7(15)6-9(19)10(8)22-25(20,21)13(16,17)18/h5-6H,1-4H3. The maximum Gasteiger partial charge on any atom is 0.534 e. The van der Waals surface area contributed by atoms with Gasteiger partial charge >= 0.3 is 22.7 Å². The van der Waals surface area contributed by atoms with Gasteiger partial charge in [0, 0.05) is 9.94 Å². The fourth-order valence-corrected chi connectivity index (χ4v) is 4.28. The van der Waals surface area contributed by atoms with Crippen LogP contribution in [-0.4, -0.2) is 32.2 Å². The molecule has 140 valence electrons. The third kappa shape index (κ3) is 4.12. The van der Waals surface area contributed by atoms with Gasteiger partial charge in [-0.3, -0.25) is 0 Å². The summed E-state index contributed by atoms with van der Waals surface area (Å²) in [7, 11) is -6.92. The van der Waals surface area contributed by atoms with Crippen molar-refractivity contribution in [1.29, 1.82) is 0 Å². The molecule has 0 N–H and O–H groups in total. The average Bonchev–Trinajstić information content (AvgIpc) is 2.60. The van der Waals surface area contributed by atoms with Crippen LogP contribution in [0, 0.1) is 3.57 Å². The zero-order chi connectivity index (χ0) is 19.4. The maximum absolute atomic E-state index is 12.7. The maximum atomic E-state index is 12.7. The van der Waals surface area contributed by atoms with Crippen molar-refractivity contribution < 1.29 is 35.1 Å². The molecule has 1 heterocycles. The van der Waals surface area contributed by atoms with Gasteiger partial charge in [0.25, 0.3) is 0 Å². The van der Waals surface area contributed by atoms with Crippen LogP contribution in [0.25, 0.3) is 0 Å². The van der Waals surface area contributed by atoms with Crippen LogP contribution in [0.2, 0.25) is 0 Å². The van der Waals surface area contributed by atoms with Gasteiger partial charge in [0.15, 0.2) is 5.75 Å². The van der Waals surface area contributed by atoms with Crippen LogP contribution in [0.3, 0.4) is 0 Å². The Morgan fingerprint density at radius 1 is 1.16 bits per heavy atom. The van der Waals surface area contributed by atoms with E-state index in [4.69, 9.17) is 9.31 Å². The molecule has 0 aromatic heterocycles. The van der Waals surface area contributed by atoms with Crippen LogP contribution in [0.4, 0.5) is 13.2 Å². The molecule has 12 heteroatoms. The lowest BCUT2D eigenvalue weighted by Gasteiger charge is -2.32. The average molecular weight is 557 g/mol. The minimum atomic E-state index is -5.83. The largest absolute Gasteiger partial charge is 0.534 e. The summed E-state index contributed by atoms with van der Waals surface area (Å²) in [6.45, 7) is 7.07. The van der Waals surface area contributed by atoms with Gasteiger partial charge in [0.05, 0.1) is 14.8 Å². The van der Waals surface area contributed by atoms with Crippen molar-refractivity contribution in [3.63, 3.8) is 0 Å². The molecule has 0 bridgehead atoms. The summed E-state index contributed by atoms with van der Waals surface area (Å²) in [6.07, 6.45) is 0. The number of benzene rings is 1. The van der Waals surface area contributed by atoms with E-state index in [9.17, 15) is 21.6 Å². The van der Waals surface area contributed by atoms with Crippen molar-refractivity contribution >= 4 is 61.2 Å². The Morgan fingerprint density at radius 3 is 2.08 bits per heavy atom. The van der Waals surface area contributed by atoms with E-state index in [1.165, 1.54) is 12.1 Å². The van der Waals surface area contributed by atoms with Gasteiger partial charge in [0.2, 0.25) is 0 Å². The molecule has 1 aromatic carbocycles. The Labute approximate surface area is 166 Å². The zero-order valence-corrected chi connectivity index (χ0v) is 18.1. The number of rotatable bonds is 3. The molecular weight excluding hydrogens is 543 g/mol. The summed E-state index contributed by atoms with van der Waals surface area (Å²) >= 11 is 4.91. The smallest absolute Gasteiger partial charge is 0.399 e.